The van der Waals surface area contributed by atoms with Gasteiger partial charge in [0.15, 0.2) is 0 Å². The summed E-state index contributed by atoms with van der Waals surface area (Å²) in [5, 5.41) is 6.13. The van der Waals surface area contributed by atoms with Gasteiger partial charge >= 0.3 is 0 Å². The quantitative estimate of drug-likeness (QED) is 0.801. The summed E-state index contributed by atoms with van der Waals surface area (Å²) in [5.74, 6) is 0.730. The number of hydrogen-bond acceptors (Lipinski definition) is 3. The van der Waals surface area contributed by atoms with Gasteiger partial charge in [-0.2, -0.15) is 0 Å². The van der Waals surface area contributed by atoms with E-state index in [2.05, 4.69) is 23.7 Å². The van der Waals surface area contributed by atoms with Crippen LogP contribution in [0.4, 0.5) is 0 Å². The number of aryl methyl sites for hydroxylation is 1. The van der Waals surface area contributed by atoms with Gasteiger partial charge in [0.1, 0.15) is 0 Å². The first-order chi connectivity index (χ1) is 10.4. The molecule has 2 aliphatic rings. The molecule has 0 aromatic carbocycles. The highest BCUT2D eigenvalue weighted by molar-refractivity contribution is 7.10. The molecular weight excluding hydrogens is 278 g/mol. The molecule has 118 valence electrons. The summed E-state index contributed by atoms with van der Waals surface area (Å²) in [7, 11) is 0. The molecule has 1 aromatic heterocycles. The van der Waals surface area contributed by atoms with Gasteiger partial charge in [0, 0.05) is 23.4 Å². The second-order valence-electron chi connectivity index (χ2n) is 6.57. The fourth-order valence-electron chi connectivity index (χ4n) is 3.95. The Balaban J connectivity index is 1.64. The van der Waals surface area contributed by atoms with Gasteiger partial charge in [-0.1, -0.05) is 6.92 Å². The second-order valence-corrected chi connectivity index (χ2v) is 7.57. The first-order valence-electron chi connectivity index (χ1n) is 8.79. The Kier molecular flexibility index (Phi) is 5.73. The number of nitrogens with one attached hydrogen (secondary N) is 1. The van der Waals surface area contributed by atoms with Crippen LogP contribution in [0.5, 0.6) is 0 Å². The van der Waals surface area contributed by atoms with Gasteiger partial charge in [-0.05, 0) is 74.9 Å². The van der Waals surface area contributed by atoms with Crippen molar-refractivity contribution in [2.24, 2.45) is 0 Å². The maximum atomic E-state index is 5.82. The number of rotatable bonds is 7. The molecule has 1 saturated heterocycles. The SMILES string of the molecule is CCCNC(CCC1CCCO1)C1CCCc2sccc21. The highest BCUT2D eigenvalue weighted by atomic mass is 32.1. The van der Waals surface area contributed by atoms with Crippen molar-refractivity contribution in [3.8, 4) is 0 Å². The van der Waals surface area contributed by atoms with Gasteiger partial charge < -0.3 is 10.1 Å². The van der Waals surface area contributed by atoms with Crippen LogP contribution in [-0.4, -0.2) is 25.3 Å². The summed E-state index contributed by atoms with van der Waals surface area (Å²) < 4.78 is 5.82. The molecule has 1 aliphatic carbocycles. The van der Waals surface area contributed by atoms with E-state index in [4.69, 9.17) is 4.74 Å². The Hall–Kier alpha value is -0.380. The molecule has 1 aliphatic heterocycles. The van der Waals surface area contributed by atoms with Crippen LogP contribution in [0.2, 0.25) is 0 Å². The Morgan fingerprint density at radius 2 is 2.33 bits per heavy atom. The average molecular weight is 308 g/mol. The van der Waals surface area contributed by atoms with Gasteiger partial charge in [-0.15, -0.1) is 11.3 Å². The van der Waals surface area contributed by atoms with Crippen molar-refractivity contribution in [1.82, 2.24) is 5.32 Å². The molecule has 3 rings (SSSR count). The van der Waals surface area contributed by atoms with Crippen LogP contribution in [0, 0.1) is 0 Å². The molecule has 0 bridgehead atoms. The van der Waals surface area contributed by atoms with Crippen LogP contribution < -0.4 is 5.32 Å². The highest BCUT2D eigenvalue weighted by Crippen LogP contribution is 2.38. The molecular formula is C18H29NOS. The van der Waals surface area contributed by atoms with E-state index in [1.54, 1.807) is 10.4 Å². The lowest BCUT2D eigenvalue weighted by Gasteiger charge is -2.32. The zero-order valence-electron chi connectivity index (χ0n) is 13.3. The monoisotopic (exact) mass is 307 g/mol. The fraction of sp³-hybridized carbons (Fsp3) is 0.778. The van der Waals surface area contributed by atoms with Gasteiger partial charge in [0.2, 0.25) is 0 Å². The third-order valence-corrected chi connectivity index (χ3v) is 6.06. The van der Waals surface area contributed by atoms with Crippen molar-refractivity contribution in [3.63, 3.8) is 0 Å². The number of hydrogen-bond donors (Lipinski definition) is 1. The van der Waals surface area contributed by atoms with Crippen LogP contribution in [0.3, 0.4) is 0 Å². The van der Waals surface area contributed by atoms with E-state index in [0.29, 0.717) is 12.1 Å². The van der Waals surface area contributed by atoms with E-state index in [-0.39, 0.29) is 0 Å². The summed E-state index contributed by atoms with van der Waals surface area (Å²) >= 11 is 1.96. The van der Waals surface area contributed by atoms with Gasteiger partial charge in [-0.3, -0.25) is 0 Å². The van der Waals surface area contributed by atoms with E-state index in [1.807, 2.05) is 11.3 Å². The lowest BCUT2D eigenvalue weighted by molar-refractivity contribution is 0.0982. The molecule has 0 amide bonds. The topological polar surface area (TPSA) is 21.3 Å². The molecule has 1 fully saturated rings. The maximum absolute atomic E-state index is 5.82. The molecule has 1 N–H and O–H groups in total. The zero-order valence-corrected chi connectivity index (χ0v) is 14.1. The summed E-state index contributed by atoms with van der Waals surface area (Å²) in [5.41, 5.74) is 1.65. The lowest BCUT2D eigenvalue weighted by atomic mass is 9.80. The second kappa shape index (κ2) is 7.75. The summed E-state index contributed by atoms with van der Waals surface area (Å²) in [4.78, 5) is 1.65. The first kappa shape index (κ1) is 15.5. The van der Waals surface area contributed by atoms with E-state index in [1.165, 1.54) is 51.4 Å². The van der Waals surface area contributed by atoms with Gasteiger partial charge in [0.05, 0.1) is 6.10 Å². The third kappa shape index (κ3) is 3.88. The van der Waals surface area contributed by atoms with E-state index in [9.17, 15) is 0 Å². The van der Waals surface area contributed by atoms with Crippen molar-refractivity contribution in [3.05, 3.63) is 21.9 Å². The van der Waals surface area contributed by atoms with Crippen molar-refractivity contribution in [1.29, 1.82) is 0 Å². The van der Waals surface area contributed by atoms with Crippen LogP contribution in [0.25, 0.3) is 0 Å². The molecule has 21 heavy (non-hydrogen) atoms. The minimum Gasteiger partial charge on any atom is -0.378 e. The van der Waals surface area contributed by atoms with E-state index < -0.39 is 0 Å². The van der Waals surface area contributed by atoms with Crippen LogP contribution in [0.15, 0.2) is 11.4 Å². The summed E-state index contributed by atoms with van der Waals surface area (Å²) in [6.07, 6.45) is 10.8. The maximum Gasteiger partial charge on any atom is 0.0576 e. The number of fused-ring (bicyclic) bond motifs is 1. The highest BCUT2D eigenvalue weighted by Gasteiger charge is 2.29. The zero-order chi connectivity index (χ0) is 14.5. The third-order valence-electron chi connectivity index (χ3n) is 5.06. The largest absolute Gasteiger partial charge is 0.378 e. The van der Waals surface area contributed by atoms with Gasteiger partial charge in [-0.25, -0.2) is 0 Å². The first-order valence-corrected chi connectivity index (χ1v) is 9.67. The fourth-order valence-corrected chi connectivity index (χ4v) is 4.95. The molecule has 2 nitrogen and oxygen atoms in total. The Bertz CT molecular complexity index is 425. The minimum atomic E-state index is 0.529. The molecule has 3 atom stereocenters. The van der Waals surface area contributed by atoms with E-state index >= 15 is 0 Å². The minimum absolute atomic E-state index is 0.529. The summed E-state index contributed by atoms with van der Waals surface area (Å²) in [6.45, 7) is 4.39. The Morgan fingerprint density at radius 1 is 1.38 bits per heavy atom. The predicted octanol–water partition coefficient (Wildman–Crippen LogP) is 4.50. The molecule has 0 saturated carbocycles. The number of thiophene rings is 1. The number of ether oxygens (including phenoxy) is 1. The van der Waals surface area contributed by atoms with Gasteiger partial charge in [0.25, 0.3) is 0 Å². The molecule has 0 radical (unpaired) electrons. The lowest BCUT2D eigenvalue weighted by Crippen LogP contribution is -2.37. The van der Waals surface area contributed by atoms with Crippen molar-refractivity contribution < 1.29 is 4.74 Å². The summed E-state index contributed by atoms with van der Waals surface area (Å²) in [6, 6.07) is 3.03. The van der Waals surface area contributed by atoms with Crippen molar-refractivity contribution in [2.75, 3.05) is 13.2 Å². The normalized spacial score (nSPS) is 26.7. The van der Waals surface area contributed by atoms with E-state index in [0.717, 1.165) is 19.1 Å². The van der Waals surface area contributed by atoms with Crippen LogP contribution in [0.1, 0.15) is 68.2 Å². The smallest absolute Gasteiger partial charge is 0.0576 e. The molecule has 3 unspecified atom stereocenters. The molecule has 0 spiro atoms. The van der Waals surface area contributed by atoms with Crippen molar-refractivity contribution in [2.45, 2.75) is 76.4 Å². The van der Waals surface area contributed by atoms with Crippen molar-refractivity contribution >= 4 is 11.3 Å². The predicted molar refractivity (Wildman–Crippen MR) is 90.3 cm³/mol. The standard InChI is InChI=1S/C18H29NOS/c1-2-11-19-17(9-8-14-5-4-12-20-14)15-6-3-7-18-16(15)10-13-21-18/h10,13-15,17,19H,2-9,11-12H2,1H3. The Morgan fingerprint density at radius 3 is 3.14 bits per heavy atom. The Labute approximate surface area is 133 Å². The average Bonchev–Trinajstić information content (AvgIpc) is 3.18. The van der Waals surface area contributed by atoms with Crippen LogP contribution >= 0.6 is 11.3 Å². The molecule has 1 aromatic rings. The molecule has 2 heterocycles. The van der Waals surface area contributed by atoms with Crippen LogP contribution in [-0.2, 0) is 11.2 Å². The molecule has 3 heteroatoms.